The van der Waals surface area contributed by atoms with Crippen molar-refractivity contribution < 1.29 is 4.79 Å². The molecule has 4 heteroatoms. The van der Waals surface area contributed by atoms with Crippen LogP contribution in [0.15, 0.2) is 0 Å². The molecule has 0 bridgehead atoms. The molecular formula is C17H31N3O. The Kier molecular flexibility index (Phi) is 4.55. The van der Waals surface area contributed by atoms with Crippen LogP contribution in [0.3, 0.4) is 0 Å². The maximum Gasteiger partial charge on any atom is 0.225 e. The summed E-state index contributed by atoms with van der Waals surface area (Å²) in [6.45, 7) is 5.62. The minimum atomic E-state index is -0.311. The van der Waals surface area contributed by atoms with Crippen molar-refractivity contribution >= 4 is 5.91 Å². The molecule has 3 fully saturated rings. The highest BCUT2D eigenvalue weighted by atomic mass is 16.2. The van der Waals surface area contributed by atoms with E-state index in [0.29, 0.717) is 6.04 Å². The molecule has 2 aliphatic carbocycles. The molecule has 0 aromatic heterocycles. The van der Waals surface area contributed by atoms with Crippen molar-refractivity contribution in [1.29, 1.82) is 0 Å². The fourth-order valence-electron chi connectivity index (χ4n) is 4.02. The number of nitrogens with two attached hydrogens (primary N) is 1. The van der Waals surface area contributed by atoms with Crippen LogP contribution < -0.4 is 11.1 Å². The number of likely N-dealkylation sites (tertiary alicyclic amines) is 1. The number of hydrogen-bond donors (Lipinski definition) is 2. The molecule has 2 saturated carbocycles. The zero-order valence-electron chi connectivity index (χ0n) is 13.4. The summed E-state index contributed by atoms with van der Waals surface area (Å²) in [4.78, 5) is 15.1. The van der Waals surface area contributed by atoms with Crippen LogP contribution in [0.4, 0.5) is 0 Å². The lowest BCUT2D eigenvalue weighted by atomic mass is 9.74. The van der Waals surface area contributed by atoms with E-state index < -0.39 is 0 Å². The maximum absolute atomic E-state index is 12.5. The molecule has 1 aliphatic heterocycles. The Morgan fingerprint density at radius 1 is 1.19 bits per heavy atom. The number of amides is 1. The lowest BCUT2D eigenvalue weighted by Crippen LogP contribution is -2.55. The third-order valence-electron chi connectivity index (χ3n) is 5.72. The van der Waals surface area contributed by atoms with E-state index in [2.05, 4.69) is 17.1 Å². The van der Waals surface area contributed by atoms with E-state index in [9.17, 15) is 4.79 Å². The smallest absolute Gasteiger partial charge is 0.225 e. The Morgan fingerprint density at radius 3 is 2.52 bits per heavy atom. The monoisotopic (exact) mass is 293 g/mol. The molecular weight excluding hydrogens is 262 g/mol. The summed E-state index contributed by atoms with van der Waals surface area (Å²) >= 11 is 0. The molecule has 120 valence electrons. The lowest BCUT2D eigenvalue weighted by Gasteiger charge is -2.39. The number of carbonyl (C=O) groups is 1. The molecule has 2 unspecified atom stereocenters. The van der Waals surface area contributed by atoms with Crippen molar-refractivity contribution in [3.8, 4) is 0 Å². The first kappa shape index (κ1) is 15.3. The topological polar surface area (TPSA) is 58.4 Å². The molecule has 1 amide bonds. The fourth-order valence-corrected chi connectivity index (χ4v) is 4.02. The quantitative estimate of drug-likeness (QED) is 0.832. The van der Waals surface area contributed by atoms with Crippen molar-refractivity contribution in [2.75, 3.05) is 19.6 Å². The fraction of sp³-hybridized carbons (Fsp3) is 0.941. The molecule has 3 aliphatic rings. The van der Waals surface area contributed by atoms with Gasteiger partial charge in [-0.05, 0) is 51.4 Å². The van der Waals surface area contributed by atoms with E-state index in [0.717, 1.165) is 57.5 Å². The van der Waals surface area contributed by atoms with Gasteiger partial charge < -0.3 is 16.0 Å². The second-order valence-corrected chi connectivity index (χ2v) is 7.83. The van der Waals surface area contributed by atoms with Gasteiger partial charge in [0.15, 0.2) is 0 Å². The summed E-state index contributed by atoms with van der Waals surface area (Å²) < 4.78 is 0. The number of piperidine rings is 1. The number of carbonyl (C=O) groups excluding carboxylic acids is 1. The normalized spacial score (nSPS) is 35.6. The summed E-state index contributed by atoms with van der Waals surface area (Å²) in [6.07, 6.45) is 9.30. The zero-order valence-corrected chi connectivity index (χ0v) is 13.4. The predicted octanol–water partition coefficient (Wildman–Crippen LogP) is 1.88. The van der Waals surface area contributed by atoms with Gasteiger partial charge in [0.05, 0.1) is 5.92 Å². The number of nitrogens with one attached hydrogen (secondary N) is 1. The molecule has 1 saturated heterocycles. The summed E-state index contributed by atoms with van der Waals surface area (Å²) in [7, 11) is 0. The largest absolute Gasteiger partial charge is 0.353 e. The van der Waals surface area contributed by atoms with E-state index in [1.807, 2.05) is 0 Å². The first-order valence-corrected chi connectivity index (χ1v) is 8.86. The average Bonchev–Trinajstić information content (AvgIpc) is 3.24. The second kappa shape index (κ2) is 6.25. The van der Waals surface area contributed by atoms with E-state index in [1.165, 1.54) is 19.4 Å². The SMILES string of the molecule is CC1(N)CCCCC1C(=O)NC1CCN(CC2CC2)CC1. The Balaban J connectivity index is 1.44. The molecule has 3 rings (SSSR count). The second-order valence-electron chi connectivity index (χ2n) is 7.83. The molecule has 1 heterocycles. The van der Waals surface area contributed by atoms with Crippen LogP contribution in [0, 0.1) is 11.8 Å². The molecule has 4 nitrogen and oxygen atoms in total. The van der Waals surface area contributed by atoms with E-state index in [4.69, 9.17) is 5.73 Å². The van der Waals surface area contributed by atoms with Gasteiger partial charge in [0.1, 0.15) is 0 Å². The maximum atomic E-state index is 12.5. The highest BCUT2D eigenvalue weighted by Crippen LogP contribution is 2.32. The van der Waals surface area contributed by atoms with Crippen molar-refractivity contribution in [2.45, 2.75) is 69.9 Å². The first-order chi connectivity index (χ1) is 10.0. The summed E-state index contributed by atoms with van der Waals surface area (Å²) in [5.74, 6) is 1.19. The van der Waals surface area contributed by atoms with Crippen LogP contribution in [-0.2, 0) is 4.79 Å². The van der Waals surface area contributed by atoms with Crippen molar-refractivity contribution in [2.24, 2.45) is 17.6 Å². The van der Waals surface area contributed by atoms with Crippen LogP contribution in [0.5, 0.6) is 0 Å². The molecule has 0 aromatic rings. The lowest BCUT2D eigenvalue weighted by molar-refractivity contribution is -0.129. The summed E-state index contributed by atoms with van der Waals surface area (Å²) in [5, 5.41) is 3.29. The third kappa shape index (κ3) is 3.98. The Bertz CT molecular complexity index is 370. The molecule has 0 spiro atoms. The number of hydrogen-bond acceptors (Lipinski definition) is 3. The summed E-state index contributed by atoms with van der Waals surface area (Å²) in [5.41, 5.74) is 6.03. The summed E-state index contributed by atoms with van der Waals surface area (Å²) in [6, 6.07) is 0.366. The third-order valence-corrected chi connectivity index (χ3v) is 5.72. The predicted molar refractivity (Wildman–Crippen MR) is 84.9 cm³/mol. The standard InChI is InChI=1S/C17H31N3O/c1-17(18)9-3-2-4-15(17)16(21)19-14-7-10-20(11-8-14)12-13-5-6-13/h13-15H,2-12,18H2,1H3,(H,19,21). The van der Waals surface area contributed by atoms with Crippen LogP contribution >= 0.6 is 0 Å². The highest BCUT2D eigenvalue weighted by molar-refractivity contribution is 5.80. The van der Waals surface area contributed by atoms with Gasteiger partial charge in [-0.25, -0.2) is 0 Å². The van der Waals surface area contributed by atoms with Crippen molar-refractivity contribution in [1.82, 2.24) is 10.2 Å². The van der Waals surface area contributed by atoms with Crippen LogP contribution in [0.1, 0.15) is 58.3 Å². The van der Waals surface area contributed by atoms with Gasteiger partial charge >= 0.3 is 0 Å². The van der Waals surface area contributed by atoms with Crippen molar-refractivity contribution in [3.05, 3.63) is 0 Å². The van der Waals surface area contributed by atoms with Crippen LogP contribution in [-0.4, -0.2) is 42.0 Å². The minimum absolute atomic E-state index is 0.00995. The number of nitrogens with zero attached hydrogens (tertiary/aromatic N) is 1. The van der Waals surface area contributed by atoms with E-state index >= 15 is 0 Å². The van der Waals surface area contributed by atoms with Crippen LogP contribution in [0.2, 0.25) is 0 Å². The molecule has 0 radical (unpaired) electrons. The Hall–Kier alpha value is -0.610. The Morgan fingerprint density at radius 2 is 1.90 bits per heavy atom. The van der Waals surface area contributed by atoms with Crippen molar-refractivity contribution in [3.63, 3.8) is 0 Å². The average molecular weight is 293 g/mol. The zero-order chi connectivity index (χ0) is 14.9. The van der Waals surface area contributed by atoms with Gasteiger partial charge in [0, 0.05) is 31.2 Å². The number of rotatable bonds is 4. The van der Waals surface area contributed by atoms with Gasteiger partial charge in [-0.3, -0.25) is 4.79 Å². The van der Waals surface area contributed by atoms with Gasteiger partial charge in [0.2, 0.25) is 5.91 Å². The van der Waals surface area contributed by atoms with Gasteiger partial charge in [0.25, 0.3) is 0 Å². The molecule has 3 N–H and O–H groups in total. The molecule has 0 aromatic carbocycles. The molecule has 21 heavy (non-hydrogen) atoms. The van der Waals surface area contributed by atoms with Gasteiger partial charge in [-0.2, -0.15) is 0 Å². The first-order valence-electron chi connectivity index (χ1n) is 8.86. The van der Waals surface area contributed by atoms with Crippen LogP contribution in [0.25, 0.3) is 0 Å². The van der Waals surface area contributed by atoms with Gasteiger partial charge in [-0.15, -0.1) is 0 Å². The van der Waals surface area contributed by atoms with E-state index in [1.54, 1.807) is 0 Å². The molecule has 2 atom stereocenters. The van der Waals surface area contributed by atoms with Gasteiger partial charge in [-0.1, -0.05) is 12.8 Å². The minimum Gasteiger partial charge on any atom is -0.353 e. The highest BCUT2D eigenvalue weighted by Gasteiger charge is 2.38. The van der Waals surface area contributed by atoms with E-state index in [-0.39, 0.29) is 17.4 Å². The Labute approximate surface area is 128 Å².